The molecule has 0 atom stereocenters. The van der Waals surface area contributed by atoms with E-state index in [-0.39, 0.29) is 11.4 Å². The highest BCUT2D eigenvalue weighted by molar-refractivity contribution is 9.10. The van der Waals surface area contributed by atoms with Gasteiger partial charge in [0.2, 0.25) is 0 Å². The Morgan fingerprint density at radius 3 is 2.38 bits per heavy atom. The van der Waals surface area contributed by atoms with Crippen LogP contribution in [-0.2, 0) is 0 Å². The molecule has 3 aromatic carbocycles. The molecule has 7 nitrogen and oxygen atoms in total. The topological polar surface area (TPSA) is 104 Å². The van der Waals surface area contributed by atoms with Gasteiger partial charge in [0.05, 0.1) is 5.69 Å². The van der Waals surface area contributed by atoms with Crippen molar-refractivity contribution in [3.05, 3.63) is 87.3 Å². The largest absolute Gasteiger partial charge is 0.507 e. The standard InChI is InChI=1S/C21H14BrN3O4/c22-12-7-9-13(10-8-12)25-19(28)11-18(27)20(24-25)21(29)23-16-5-1-4-15-14(16)3-2-6-17(15)26/h1-11,26-27H,(H,23,29). The Morgan fingerprint density at radius 1 is 0.931 bits per heavy atom. The number of fused-ring (bicyclic) bond motifs is 1. The smallest absolute Gasteiger partial charge is 0.280 e. The maximum atomic E-state index is 12.8. The van der Waals surface area contributed by atoms with Gasteiger partial charge in [-0.1, -0.05) is 40.2 Å². The maximum Gasteiger partial charge on any atom is 0.280 e. The number of halogens is 1. The minimum Gasteiger partial charge on any atom is -0.507 e. The summed E-state index contributed by atoms with van der Waals surface area (Å²) in [5.74, 6) is -1.13. The minimum atomic E-state index is -0.691. The Morgan fingerprint density at radius 2 is 1.62 bits per heavy atom. The lowest BCUT2D eigenvalue weighted by Crippen LogP contribution is -2.25. The van der Waals surface area contributed by atoms with Gasteiger partial charge in [0.15, 0.2) is 11.4 Å². The first-order chi connectivity index (χ1) is 13.9. The number of phenols is 1. The number of benzene rings is 3. The predicted octanol–water partition coefficient (Wildman–Crippen LogP) is 3.81. The molecule has 1 aromatic heterocycles. The number of phenolic OH excluding ortho intramolecular Hbond substituents is 1. The summed E-state index contributed by atoms with van der Waals surface area (Å²) in [6, 6.07) is 17.8. The second-order valence-corrected chi connectivity index (χ2v) is 7.15. The quantitative estimate of drug-likeness (QED) is 0.439. The molecule has 1 amide bonds. The van der Waals surface area contributed by atoms with Crippen molar-refractivity contribution in [2.24, 2.45) is 0 Å². The van der Waals surface area contributed by atoms with Gasteiger partial charge in [0, 0.05) is 27.0 Å². The number of hydrogen-bond donors (Lipinski definition) is 3. The normalized spacial score (nSPS) is 10.8. The van der Waals surface area contributed by atoms with Gasteiger partial charge in [0.25, 0.3) is 11.5 Å². The fraction of sp³-hybridized carbons (Fsp3) is 0. The third-order valence-corrected chi connectivity index (χ3v) is 4.87. The second kappa shape index (κ2) is 7.40. The number of nitrogens with one attached hydrogen (secondary N) is 1. The lowest BCUT2D eigenvalue weighted by Gasteiger charge is -2.11. The van der Waals surface area contributed by atoms with Crippen LogP contribution in [-0.4, -0.2) is 25.9 Å². The SMILES string of the molecule is O=C(Nc1cccc2c(O)cccc12)c1nn(-c2ccc(Br)cc2)c(=O)cc1O. The molecule has 144 valence electrons. The van der Waals surface area contributed by atoms with Crippen molar-refractivity contribution in [1.29, 1.82) is 0 Å². The van der Waals surface area contributed by atoms with Gasteiger partial charge in [0.1, 0.15) is 5.75 Å². The van der Waals surface area contributed by atoms with E-state index in [9.17, 15) is 19.8 Å². The van der Waals surface area contributed by atoms with E-state index in [1.165, 1.54) is 0 Å². The molecule has 0 radical (unpaired) electrons. The van der Waals surface area contributed by atoms with E-state index in [2.05, 4.69) is 26.3 Å². The Hall–Kier alpha value is -3.65. The predicted molar refractivity (Wildman–Crippen MR) is 113 cm³/mol. The zero-order valence-electron chi connectivity index (χ0n) is 14.8. The van der Waals surface area contributed by atoms with E-state index in [4.69, 9.17) is 0 Å². The van der Waals surface area contributed by atoms with Crippen LogP contribution in [0.15, 0.2) is 76.0 Å². The van der Waals surface area contributed by atoms with Gasteiger partial charge < -0.3 is 15.5 Å². The molecule has 0 aliphatic heterocycles. The van der Waals surface area contributed by atoms with Crippen molar-refractivity contribution in [3.63, 3.8) is 0 Å². The second-order valence-electron chi connectivity index (χ2n) is 6.24. The molecular formula is C21H14BrN3O4. The number of carbonyl (C=O) groups is 1. The molecule has 1 heterocycles. The lowest BCUT2D eigenvalue weighted by molar-refractivity contribution is 0.101. The molecule has 4 rings (SSSR count). The fourth-order valence-corrected chi connectivity index (χ4v) is 3.22. The average molecular weight is 452 g/mol. The first kappa shape index (κ1) is 18.7. The monoisotopic (exact) mass is 451 g/mol. The van der Waals surface area contributed by atoms with E-state index in [0.29, 0.717) is 22.1 Å². The number of nitrogens with zero attached hydrogens (tertiary/aromatic N) is 2. The number of anilines is 1. The summed E-state index contributed by atoms with van der Waals surface area (Å²) >= 11 is 3.32. The lowest BCUT2D eigenvalue weighted by atomic mass is 10.1. The Labute approximate surface area is 173 Å². The number of amides is 1. The van der Waals surface area contributed by atoms with Crippen LogP contribution in [0, 0.1) is 0 Å². The van der Waals surface area contributed by atoms with Gasteiger partial charge in [-0.15, -0.1) is 0 Å². The molecule has 4 aromatic rings. The van der Waals surface area contributed by atoms with Crippen LogP contribution in [0.1, 0.15) is 10.5 Å². The van der Waals surface area contributed by atoms with Crippen molar-refractivity contribution in [2.45, 2.75) is 0 Å². The van der Waals surface area contributed by atoms with Gasteiger partial charge in [-0.3, -0.25) is 9.59 Å². The molecule has 0 spiro atoms. The zero-order valence-corrected chi connectivity index (χ0v) is 16.4. The molecule has 0 bridgehead atoms. The van der Waals surface area contributed by atoms with Gasteiger partial charge in [-0.25, -0.2) is 0 Å². The van der Waals surface area contributed by atoms with E-state index < -0.39 is 17.2 Å². The number of aromatic hydroxyl groups is 2. The minimum absolute atomic E-state index is 0.0864. The van der Waals surface area contributed by atoms with E-state index >= 15 is 0 Å². The average Bonchev–Trinajstić information content (AvgIpc) is 2.70. The number of aromatic nitrogens is 2. The first-order valence-corrected chi connectivity index (χ1v) is 9.35. The summed E-state index contributed by atoms with van der Waals surface area (Å²) < 4.78 is 1.86. The van der Waals surface area contributed by atoms with Crippen LogP contribution >= 0.6 is 15.9 Å². The van der Waals surface area contributed by atoms with Crippen LogP contribution in [0.25, 0.3) is 16.5 Å². The van der Waals surface area contributed by atoms with Crippen molar-refractivity contribution < 1.29 is 15.0 Å². The third-order valence-electron chi connectivity index (χ3n) is 4.35. The summed E-state index contributed by atoms with van der Waals surface area (Å²) in [4.78, 5) is 25.0. The Kier molecular flexibility index (Phi) is 4.77. The summed E-state index contributed by atoms with van der Waals surface area (Å²) in [5.41, 5.74) is 0.00876. The highest BCUT2D eigenvalue weighted by Gasteiger charge is 2.18. The Balaban J connectivity index is 1.75. The fourth-order valence-electron chi connectivity index (χ4n) is 2.96. The number of carbonyl (C=O) groups excluding carboxylic acids is 1. The molecule has 8 heteroatoms. The first-order valence-electron chi connectivity index (χ1n) is 8.55. The van der Waals surface area contributed by atoms with Crippen molar-refractivity contribution >= 4 is 38.3 Å². The van der Waals surface area contributed by atoms with Crippen LogP contribution < -0.4 is 10.9 Å². The third kappa shape index (κ3) is 3.57. The molecule has 0 saturated carbocycles. The molecular weight excluding hydrogens is 438 g/mol. The highest BCUT2D eigenvalue weighted by Crippen LogP contribution is 2.30. The number of rotatable bonds is 3. The molecule has 29 heavy (non-hydrogen) atoms. The van der Waals surface area contributed by atoms with E-state index in [1.807, 2.05) is 0 Å². The molecule has 0 fully saturated rings. The molecule has 0 aliphatic rings. The van der Waals surface area contributed by atoms with E-state index in [0.717, 1.165) is 15.2 Å². The van der Waals surface area contributed by atoms with Crippen LogP contribution in [0.5, 0.6) is 11.5 Å². The van der Waals surface area contributed by atoms with Crippen molar-refractivity contribution in [1.82, 2.24) is 9.78 Å². The molecule has 0 unspecified atom stereocenters. The van der Waals surface area contributed by atoms with Gasteiger partial charge in [-0.2, -0.15) is 9.78 Å². The maximum absolute atomic E-state index is 12.8. The molecule has 3 N–H and O–H groups in total. The molecule has 0 saturated heterocycles. The molecule has 0 aliphatic carbocycles. The summed E-state index contributed by atoms with van der Waals surface area (Å²) in [6.45, 7) is 0. The van der Waals surface area contributed by atoms with Crippen molar-refractivity contribution in [2.75, 3.05) is 5.32 Å². The van der Waals surface area contributed by atoms with Crippen LogP contribution in [0.4, 0.5) is 5.69 Å². The summed E-state index contributed by atoms with van der Waals surface area (Å²) in [7, 11) is 0. The van der Waals surface area contributed by atoms with Gasteiger partial charge in [-0.05, 0) is 36.4 Å². The van der Waals surface area contributed by atoms with Crippen molar-refractivity contribution in [3.8, 4) is 17.2 Å². The zero-order chi connectivity index (χ0) is 20.5. The Bertz CT molecular complexity index is 1300. The summed E-state index contributed by atoms with van der Waals surface area (Å²) in [5, 5.41) is 28.0. The summed E-state index contributed by atoms with van der Waals surface area (Å²) in [6.07, 6.45) is 0. The van der Waals surface area contributed by atoms with E-state index in [1.54, 1.807) is 60.7 Å². The highest BCUT2D eigenvalue weighted by atomic mass is 79.9. The van der Waals surface area contributed by atoms with Crippen LogP contribution in [0.2, 0.25) is 0 Å². The van der Waals surface area contributed by atoms with Crippen LogP contribution in [0.3, 0.4) is 0 Å². The van der Waals surface area contributed by atoms with Gasteiger partial charge >= 0.3 is 0 Å². The number of hydrogen-bond acceptors (Lipinski definition) is 5.